The lowest BCUT2D eigenvalue weighted by Crippen LogP contribution is -2.12. The average molecular weight is 326 g/mol. The van der Waals surface area contributed by atoms with Gasteiger partial charge >= 0.3 is 0 Å². The van der Waals surface area contributed by atoms with Crippen LogP contribution in [0.4, 0.5) is 0 Å². The Balaban J connectivity index is 2.10. The van der Waals surface area contributed by atoms with Crippen LogP contribution in [-0.2, 0) is 6.42 Å². The molecule has 2 aromatic rings. The molecule has 2 nitrogen and oxygen atoms in total. The quantitative estimate of drug-likeness (QED) is 0.919. The van der Waals surface area contributed by atoms with E-state index in [4.69, 9.17) is 10.5 Å². The number of ether oxygens (including phenoxy) is 1. The maximum atomic E-state index is 6.26. The van der Waals surface area contributed by atoms with Crippen LogP contribution in [-0.4, -0.2) is 7.11 Å². The fourth-order valence-electron chi connectivity index (χ4n) is 1.86. The first kappa shape index (κ1) is 13.6. The molecule has 0 saturated carbocycles. The van der Waals surface area contributed by atoms with Crippen LogP contribution in [0.2, 0.25) is 0 Å². The number of nitrogens with two attached hydrogens (primary N) is 1. The lowest BCUT2D eigenvalue weighted by Gasteiger charge is -2.11. The summed E-state index contributed by atoms with van der Waals surface area (Å²) in [5, 5.41) is 0. The topological polar surface area (TPSA) is 35.2 Å². The molecule has 1 aromatic heterocycles. The summed E-state index contributed by atoms with van der Waals surface area (Å²) in [6, 6.07) is 10.2. The van der Waals surface area contributed by atoms with Gasteiger partial charge in [0.25, 0.3) is 0 Å². The highest BCUT2D eigenvalue weighted by Crippen LogP contribution is 2.32. The van der Waals surface area contributed by atoms with Crippen molar-refractivity contribution in [2.24, 2.45) is 5.73 Å². The fraction of sp³-hybridized carbons (Fsp3) is 0.286. The summed E-state index contributed by atoms with van der Waals surface area (Å²) in [4.78, 5) is 2.49. The molecule has 0 radical (unpaired) electrons. The molecular weight excluding hydrogens is 310 g/mol. The first-order chi connectivity index (χ1) is 8.60. The summed E-state index contributed by atoms with van der Waals surface area (Å²) in [5.74, 6) is 0.875. The molecule has 0 bridgehead atoms. The van der Waals surface area contributed by atoms with Crippen molar-refractivity contribution in [2.45, 2.75) is 19.4 Å². The zero-order chi connectivity index (χ0) is 13.1. The summed E-state index contributed by atoms with van der Waals surface area (Å²) < 4.78 is 6.26. The molecule has 18 heavy (non-hydrogen) atoms. The second-order valence-corrected chi connectivity index (χ2v) is 6.37. The predicted octanol–water partition coefficient (Wildman–Crippen LogP) is 4.07. The van der Waals surface area contributed by atoms with Gasteiger partial charge in [-0.05, 0) is 53.0 Å². The van der Waals surface area contributed by atoms with Gasteiger partial charge in [-0.2, -0.15) is 0 Å². The second-order valence-electron chi connectivity index (χ2n) is 4.23. The first-order valence-electron chi connectivity index (χ1n) is 5.74. The smallest absolute Gasteiger partial charge is 0.118 e. The Hall–Kier alpha value is -0.840. The summed E-state index contributed by atoms with van der Waals surface area (Å²) in [6.45, 7) is 2.10. The maximum absolute atomic E-state index is 6.26. The molecule has 4 heteroatoms. The van der Waals surface area contributed by atoms with Crippen LogP contribution >= 0.6 is 27.3 Å². The number of hydrogen-bond acceptors (Lipinski definition) is 3. The van der Waals surface area contributed by atoms with Gasteiger partial charge in [0, 0.05) is 20.3 Å². The van der Waals surface area contributed by atoms with Crippen molar-refractivity contribution < 1.29 is 4.74 Å². The van der Waals surface area contributed by atoms with Gasteiger partial charge in [-0.1, -0.05) is 12.1 Å². The third kappa shape index (κ3) is 3.13. The summed E-state index contributed by atoms with van der Waals surface area (Å²) in [7, 11) is 1.67. The van der Waals surface area contributed by atoms with Gasteiger partial charge in [-0.3, -0.25) is 0 Å². The highest BCUT2D eigenvalue weighted by atomic mass is 79.9. The average Bonchev–Trinajstić information content (AvgIpc) is 2.69. The Bertz CT molecular complexity index is 521. The lowest BCUT2D eigenvalue weighted by molar-refractivity contribution is 0.414. The lowest BCUT2D eigenvalue weighted by atomic mass is 10.1. The van der Waals surface area contributed by atoms with Crippen LogP contribution in [0, 0.1) is 6.92 Å². The van der Waals surface area contributed by atoms with E-state index in [2.05, 4.69) is 41.1 Å². The zero-order valence-electron chi connectivity index (χ0n) is 10.4. The molecule has 0 aliphatic rings. The normalized spacial score (nSPS) is 12.4. The highest BCUT2D eigenvalue weighted by molar-refractivity contribution is 9.10. The molecule has 1 heterocycles. The van der Waals surface area contributed by atoms with E-state index in [1.54, 1.807) is 18.4 Å². The van der Waals surface area contributed by atoms with Crippen molar-refractivity contribution in [1.29, 1.82) is 0 Å². The van der Waals surface area contributed by atoms with Crippen molar-refractivity contribution in [3.63, 3.8) is 0 Å². The third-order valence-electron chi connectivity index (χ3n) is 2.79. The third-order valence-corrected chi connectivity index (χ3v) is 4.89. The summed E-state index contributed by atoms with van der Waals surface area (Å²) >= 11 is 5.32. The maximum Gasteiger partial charge on any atom is 0.118 e. The van der Waals surface area contributed by atoms with Gasteiger partial charge < -0.3 is 10.5 Å². The van der Waals surface area contributed by atoms with Crippen molar-refractivity contribution in [2.75, 3.05) is 7.11 Å². The van der Waals surface area contributed by atoms with E-state index >= 15 is 0 Å². The second kappa shape index (κ2) is 5.87. The van der Waals surface area contributed by atoms with Gasteiger partial charge in [0.05, 0.1) is 7.11 Å². The van der Waals surface area contributed by atoms with Crippen molar-refractivity contribution >= 4 is 27.3 Å². The molecular formula is C14H16BrNOS. The minimum absolute atomic E-state index is 0.0338. The van der Waals surface area contributed by atoms with Crippen molar-refractivity contribution in [3.05, 3.63) is 50.1 Å². The van der Waals surface area contributed by atoms with E-state index in [1.807, 2.05) is 12.1 Å². The van der Waals surface area contributed by atoms with E-state index < -0.39 is 0 Å². The number of thiophene rings is 1. The molecule has 1 unspecified atom stereocenters. The summed E-state index contributed by atoms with van der Waals surface area (Å²) in [5.41, 5.74) is 7.48. The number of methoxy groups -OCH3 is 1. The molecule has 96 valence electrons. The van der Waals surface area contributed by atoms with Gasteiger partial charge in [0.15, 0.2) is 0 Å². The number of halogens is 1. The molecule has 1 atom stereocenters. The molecule has 0 amide bonds. The number of aryl methyl sites for hydroxylation is 1. The Morgan fingerprint density at radius 3 is 2.50 bits per heavy atom. The van der Waals surface area contributed by atoms with E-state index in [-0.39, 0.29) is 6.04 Å². The van der Waals surface area contributed by atoms with Crippen LogP contribution in [0.3, 0.4) is 0 Å². The molecule has 1 aromatic carbocycles. The number of hydrogen-bond donors (Lipinski definition) is 1. The molecule has 0 aliphatic heterocycles. The van der Waals surface area contributed by atoms with Gasteiger partial charge in [-0.25, -0.2) is 0 Å². The summed E-state index contributed by atoms with van der Waals surface area (Å²) in [6.07, 6.45) is 0.836. The van der Waals surface area contributed by atoms with Gasteiger partial charge in [0.2, 0.25) is 0 Å². The van der Waals surface area contributed by atoms with Crippen LogP contribution in [0.5, 0.6) is 5.75 Å². The van der Waals surface area contributed by atoms with Crippen LogP contribution in [0.1, 0.15) is 21.4 Å². The Morgan fingerprint density at radius 1 is 1.33 bits per heavy atom. The monoisotopic (exact) mass is 325 g/mol. The van der Waals surface area contributed by atoms with Crippen molar-refractivity contribution in [1.82, 2.24) is 0 Å². The first-order valence-corrected chi connectivity index (χ1v) is 7.35. The highest BCUT2D eigenvalue weighted by Gasteiger charge is 2.13. The molecule has 0 fully saturated rings. The Kier molecular flexibility index (Phi) is 4.43. The number of rotatable bonds is 4. The largest absolute Gasteiger partial charge is 0.497 e. The van der Waals surface area contributed by atoms with E-state index in [0.717, 1.165) is 16.6 Å². The standard InChI is InChI=1S/C14H16BrNOS/c1-9-7-12(15)14(18-9)13(16)8-10-3-5-11(17-2)6-4-10/h3-7,13H,8,16H2,1-2H3. The molecule has 2 rings (SSSR count). The Labute approximate surface area is 120 Å². The molecule has 2 N–H and O–H groups in total. The minimum Gasteiger partial charge on any atom is -0.497 e. The predicted molar refractivity (Wildman–Crippen MR) is 80.4 cm³/mol. The van der Waals surface area contributed by atoms with E-state index in [9.17, 15) is 0 Å². The molecule has 0 spiro atoms. The Morgan fingerprint density at radius 2 is 2.00 bits per heavy atom. The van der Waals surface area contributed by atoms with E-state index in [0.29, 0.717) is 0 Å². The van der Waals surface area contributed by atoms with Crippen molar-refractivity contribution in [3.8, 4) is 5.75 Å². The molecule has 0 aliphatic carbocycles. The van der Waals surface area contributed by atoms with Crippen LogP contribution < -0.4 is 10.5 Å². The zero-order valence-corrected chi connectivity index (χ0v) is 12.8. The van der Waals surface area contributed by atoms with Gasteiger partial charge in [0.1, 0.15) is 5.75 Å². The SMILES string of the molecule is COc1ccc(CC(N)c2sc(C)cc2Br)cc1. The minimum atomic E-state index is 0.0338. The van der Waals surface area contributed by atoms with Crippen LogP contribution in [0.25, 0.3) is 0 Å². The molecule has 0 saturated heterocycles. The number of benzene rings is 1. The van der Waals surface area contributed by atoms with E-state index in [1.165, 1.54) is 15.3 Å². The van der Waals surface area contributed by atoms with Gasteiger partial charge in [-0.15, -0.1) is 11.3 Å². The fourth-order valence-corrected chi connectivity index (χ4v) is 3.81. The van der Waals surface area contributed by atoms with Crippen LogP contribution in [0.15, 0.2) is 34.8 Å².